The van der Waals surface area contributed by atoms with Crippen LogP contribution in [0, 0.1) is 0 Å². The Balaban J connectivity index is 1.44. The fraction of sp³-hybridized carbons (Fsp3) is 0.364. The Bertz CT molecular complexity index is 1430. The lowest BCUT2D eigenvalue weighted by molar-refractivity contribution is -0.139. The summed E-state index contributed by atoms with van der Waals surface area (Å²) in [5, 5.41) is 21.0. The van der Waals surface area contributed by atoms with Gasteiger partial charge in [-0.1, -0.05) is 18.2 Å². The van der Waals surface area contributed by atoms with Crippen LogP contribution in [0.2, 0.25) is 0 Å². The van der Waals surface area contributed by atoms with E-state index in [-0.39, 0.29) is 42.7 Å². The number of benzene rings is 2. The molecule has 12 heteroatoms. The van der Waals surface area contributed by atoms with Crippen molar-refractivity contribution in [2.45, 2.75) is 58.0 Å². The summed E-state index contributed by atoms with van der Waals surface area (Å²) in [6.07, 6.45) is 3.24. The maximum atomic E-state index is 12.9. The third kappa shape index (κ3) is 12.6. The summed E-state index contributed by atoms with van der Waals surface area (Å²) in [4.78, 5) is 53.2. The number of hydrogen-bond donors (Lipinski definition) is 5. The van der Waals surface area contributed by atoms with Gasteiger partial charge in [-0.05, 0) is 68.7 Å². The van der Waals surface area contributed by atoms with Crippen LogP contribution in [-0.4, -0.2) is 66.1 Å². The minimum atomic E-state index is -1.17. The van der Waals surface area contributed by atoms with E-state index in [0.29, 0.717) is 42.4 Å². The topological polar surface area (TPSA) is 168 Å². The van der Waals surface area contributed by atoms with E-state index in [1.165, 1.54) is 12.1 Å². The number of nitrogens with one attached hydrogen (secondary N) is 4. The molecule has 240 valence electrons. The standard InChI is InChI=1S/C33H41N5O7/c1-22(2)36-30(39)9-5-10-31(40)37-25-8-4-7-24(20-25)32(41)38-28(33(42)43)19-23-11-13-26(14-12-23)45-18-6-16-34-29-21-27(44-3)15-17-35-29/h4,7-8,11-15,17,20-22,28H,5-6,9-10,16,18-19H2,1-3H3,(H,34,35)(H,36,39)(H,37,40)(H,38,41)(H,42,43). The fourth-order valence-electron chi connectivity index (χ4n) is 4.28. The highest BCUT2D eigenvalue weighted by Crippen LogP contribution is 2.16. The average molecular weight is 620 g/mol. The van der Waals surface area contributed by atoms with Gasteiger partial charge in [-0.25, -0.2) is 9.78 Å². The van der Waals surface area contributed by atoms with Crippen molar-refractivity contribution in [1.29, 1.82) is 0 Å². The molecule has 2 aromatic carbocycles. The minimum Gasteiger partial charge on any atom is -0.497 e. The number of aromatic nitrogens is 1. The van der Waals surface area contributed by atoms with Crippen LogP contribution < -0.4 is 30.7 Å². The SMILES string of the molecule is COc1ccnc(NCCCOc2ccc(CC(NC(=O)c3cccc(NC(=O)CCCC(=O)NC(C)C)c3)C(=O)O)cc2)c1. The van der Waals surface area contributed by atoms with Crippen molar-refractivity contribution >= 4 is 35.2 Å². The molecule has 0 aliphatic heterocycles. The Morgan fingerprint density at radius 2 is 1.64 bits per heavy atom. The molecule has 0 spiro atoms. The summed E-state index contributed by atoms with van der Waals surface area (Å²) < 4.78 is 11.0. The van der Waals surface area contributed by atoms with Gasteiger partial charge in [-0.2, -0.15) is 0 Å². The first-order valence-electron chi connectivity index (χ1n) is 14.8. The summed E-state index contributed by atoms with van der Waals surface area (Å²) in [5.74, 6) is -0.0727. The predicted molar refractivity (Wildman–Crippen MR) is 171 cm³/mol. The van der Waals surface area contributed by atoms with E-state index in [9.17, 15) is 24.3 Å². The van der Waals surface area contributed by atoms with Gasteiger partial charge < -0.3 is 35.8 Å². The number of rotatable bonds is 18. The molecule has 0 aliphatic rings. The molecule has 1 atom stereocenters. The molecule has 0 saturated heterocycles. The summed E-state index contributed by atoms with van der Waals surface area (Å²) in [5.41, 5.74) is 1.31. The maximum absolute atomic E-state index is 12.9. The summed E-state index contributed by atoms with van der Waals surface area (Å²) in [6.45, 7) is 4.86. The first kappa shape index (κ1) is 34.4. The molecule has 1 unspecified atom stereocenters. The number of ether oxygens (including phenoxy) is 2. The molecular formula is C33H41N5O7. The summed E-state index contributed by atoms with van der Waals surface area (Å²) in [7, 11) is 1.60. The van der Waals surface area contributed by atoms with E-state index < -0.39 is 17.9 Å². The van der Waals surface area contributed by atoms with Crippen LogP contribution in [0.15, 0.2) is 66.9 Å². The monoisotopic (exact) mass is 619 g/mol. The van der Waals surface area contributed by atoms with Crippen molar-refractivity contribution < 1.29 is 33.8 Å². The summed E-state index contributed by atoms with van der Waals surface area (Å²) in [6, 6.07) is 15.7. The molecule has 0 fully saturated rings. The lowest BCUT2D eigenvalue weighted by Gasteiger charge is -2.16. The molecule has 1 heterocycles. The van der Waals surface area contributed by atoms with Crippen LogP contribution in [0.3, 0.4) is 0 Å². The predicted octanol–water partition coefficient (Wildman–Crippen LogP) is 4.03. The minimum absolute atomic E-state index is 0.0370. The molecule has 45 heavy (non-hydrogen) atoms. The Labute approximate surface area is 262 Å². The molecule has 0 saturated carbocycles. The van der Waals surface area contributed by atoms with Crippen molar-refractivity contribution in [3.8, 4) is 11.5 Å². The van der Waals surface area contributed by atoms with Gasteiger partial charge in [-0.15, -0.1) is 0 Å². The normalized spacial score (nSPS) is 11.3. The number of amides is 3. The average Bonchev–Trinajstić information content (AvgIpc) is 3.01. The van der Waals surface area contributed by atoms with Gasteiger partial charge in [0, 0.05) is 55.4 Å². The first-order valence-corrected chi connectivity index (χ1v) is 14.8. The highest BCUT2D eigenvalue weighted by atomic mass is 16.5. The molecule has 0 aliphatic carbocycles. The van der Waals surface area contributed by atoms with Crippen LogP contribution >= 0.6 is 0 Å². The molecular weight excluding hydrogens is 578 g/mol. The van der Waals surface area contributed by atoms with Gasteiger partial charge in [0.15, 0.2) is 0 Å². The zero-order valence-corrected chi connectivity index (χ0v) is 25.8. The van der Waals surface area contributed by atoms with Gasteiger partial charge >= 0.3 is 5.97 Å². The van der Waals surface area contributed by atoms with Gasteiger partial charge in [0.2, 0.25) is 11.8 Å². The quantitative estimate of drug-likeness (QED) is 0.132. The van der Waals surface area contributed by atoms with E-state index in [0.717, 1.165) is 12.2 Å². The smallest absolute Gasteiger partial charge is 0.326 e. The van der Waals surface area contributed by atoms with Gasteiger partial charge in [0.1, 0.15) is 23.4 Å². The van der Waals surface area contributed by atoms with Crippen LogP contribution in [0.4, 0.5) is 11.5 Å². The second-order valence-electron chi connectivity index (χ2n) is 10.6. The molecule has 5 N–H and O–H groups in total. The van der Waals surface area contributed by atoms with Crippen molar-refractivity contribution in [2.75, 3.05) is 30.9 Å². The second kappa shape index (κ2) is 17.9. The summed E-state index contributed by atoms with van der Waals surface area (Å²) >= 11 is 0. The highest BCUT2D eigenvalue weighted by molar-refractivity contribution is 5.99. The van der Waals surface area contributed by atoms with E-state index in [1.807, 2.05) is 19.9 Å². The van der Waals surface area contributed by atoms with E-state index in [1.54, 1.807) is 55.8 Å². The lowest BCUT2D eigenvalue weighted by Crippen LogP contribution is -2.42. The molecule has 0 bridgehead atoms. The molecule has 1 aromatic heterocycles. The Morgan fingerprint density at radius 1 is 0.889 bits per heavy atom. The molecule has 3 aromatic rings. The van der Waals surface area contributed by atoms with Crippen molar-refractivity contribution in [2.24, 2.45) is 0 Å². The van der Waals surface area contributed by atoms with Crippen LogP contribution in [0.1, 0.15) is 55.5 Å². The number of carbonyl (C=O) groups excluding carboxylic acids is 3. The van der Waals surface area contributed by atoms with E-state index in [4.69, 9.17) is 9.47 Å². The first-order chi connectivity index (χ1) is 21.6. The largest absolute Gasteiger partial charge is 0.497 e. The van der Waals surface area contributed by atoms with Crippen molar-refractivity contribution in [1.82, 2.24) is 15.6 Å². The molecule has 12 nitrogen and oxygen atoms in total. The lowest BCUT2D eigenvalue weighted by atomic mass is 10.0. The molecule has 3 rings (SSSR count). The number of carboxylic acids is 1. The van der Waals surface area contributed by atoms with Crippen LogP contribution in [0.25, 0.3) is 0 Å². The number of pyridine rings is 1. The number of hydrogen-bond acceptors (Lipinski definition) is 8. The maximum Gasteiger partial charge on any atom is 0.326 e. The van der Waals surface area contributed by atoms with Crippen molar-refractivity contribution in [3.63, 3.8) is 0 Å². The Kier molecular flexibility index (Phi) is 13.6. The number of aliphatic carboxylic acids is 1. The highest BCUT2D eigenvalue weighted by Gasteiger charge is 2.21. The zero-order chi connectivity index (χ0) is 32.6. The molecule has 3 amide bonds. The van der Waals surface area contributed by atoms with E-state index >= 15 is 0 Å². The van der Waals surface area contributed by atoms with E-state index in [2.05, 4.69) is 26.3 Å². The number of methoxy groups -OCH3 is 1. The number of carbonyl (C=O) groups is 4. The Morgan fingerprint density at radius 3 is 2.36 bits per heavy atom. The molecule has 0 radical (unpaired) electrons. The fourth-order valence-corrected chi connectivity index (χ4v) is 4.28. The van der Waals surface area contributed by atoms with Crippen LogP contribution in [-0.2, 0) is 20.8 Å². The van der Waals surface area contributed by atoms with Crippen molar-refractivity contribution in [3.05, 3.63) is 78.0 Å². The third-order valence-electron chi connectivity index (χ3n) is 6.50. The van der Waals surface area contributed by atoms with Crippen LogP contribution in [0.5, 0.6) is 11.5 Å². The number of carboxylic acid groups (broad SMARTS) is 1. The number of anilines is 2. The second-order valence-corrected chi connectivity index (χ2v) is 10.6. The third-order valence-corrected chi connectivity index (χ3v) is 6.50. The number of nitrogens with zero attached hydrogens (tertiary/aromatic N) is 1. The Hall–Kier alpha value is -5.13. The van der Waals surface area contributed by atoms with Gasteiger partial charge in [-0.3, -0.25) is 14.4 Å². The zero-order valence-electron chi connectivity index (χ0n) is 25.8. The van der Waals surface area contributed by atoms with Gasteiger partial charge in [0.25, 0.3) is 5.91 Å². The van der Waals surface area contributed by atoms with Gasteiger partial charge in [0.05, 0.1) is 13.7 Å².